The number of ether oxygens (including phenoxy) is 1. The highest BCUT2D eigenvalue weighted by Gasteiger charge is 2.35. The van der Waals surface area contributed by atoms with Crippen molar-refractivity contribution < 1.29 is 22.7 Å². The number of esters is 1. The van der Waals surface area contributed by atoms with Crippen LogP contribution in [-0.4, -0.2) is 49.3 Å². The number of nitriles is 1. The largest absolute Gasteiger partial charge is 0.452 e. The van der Waals surface area contributed by atoms with Crippen LogP contribution in [0.4, 0.5) is 0 Å². The first-order valence-electron chi connectivity index (χ1n) is 9.09. The number of hydrogen-bond donors (Lipinski definition) is 0. The fourth-order valence-corrected chi connectivity index (χ4v) is 4.96. The number of carbonyl (C=O) groups excluding carboxylic acids is 2. The first-order valence-corrected chi connectivity index (χ1v) is 10.9. The highest BCUT2D eigenvalue weighted by molar-refractivity contribution is 7.91. The van der Waals surface area contributed by atoms with Crippen LogP contribution in [0.15, 0.2) is 54.6 Å². The van der Waals surface area contributed by atoms with Crippen molar-refractivity contribution in [3.05, 3.63) is 71.3 Å². The molecule has 1 aliphatic rings. The van der Waals surface area contributed by atoms with E-state index in [9.17, 15) is 18.0 Å². The molecule has 1 heterocycles. The molecule has 1 aliphatic heterocycles. The Morgan fingerprint density at radius 3 is 2.55 bits per heavy atom. The molecule has 0 spiro atoms. The first kappa shape index (κ1) is 20.6. The maximum atomic E-state index is 12.8. The van der Waals surface area contributed by atoms with Crippen molar-refractivity contribution in [2.45, 2.75) is 19.0 Å². The van der Waals surface area contributed by atoms with E-state index >= 15 is 0 Å². The van der Waals surface area contributed by atoms with E-state index in [4.69, 9.17) is 10.00 Å². The molecule has 0 saturated carbocycles. The predicted molar refractivity (Wildman–Crippen MR) is 105 cm³/mol. The monoisotopic (exact) mass is 412 g/mol. The second-order valence-electron chi connectivity index (χ2n) is 6.83. The Balaban J connectivity index is 1.70. The third-order valence-corrected chi connectivity index (χ3v) is 6.47. The van der Waals surface area contributed by atoms with Gasteiger partial charge in [-0.3, -0.25) is 4.79 Å². The molecule has 29 heavy (non-hydrogen) atoms. The molecule has 8 heteroatoms. The molecule has 0 N–H and O–H groups in total. The highest BCUT2D eigenvalue weighted by atomic mass is 32.2. The summed E-state index contributed by atoms with van der Waals surface area (Å²) in [6.45, 7) is -0.264. The van der Waals surface area contributed by atoms with Crippen LogP contribution in [0.25, 0.3) is 0 Å². The quantitative estimate of drug-likeness (QED) is 0.672. The van der Waals surface area contributed by atoms with Gasteiger partial charge in [-0.1, -0.05) is 36.4 Å². The number of carbonyl (C=O) groups is 2. The molecular weight excluding hydrogens is 392 g/mol. The van der Waals surface area contributed by atoms with Crippen molar-refractivity contribution in [1.29, 1.82) is 5.26 Å². The summed E-state index contributed by atoms with van der Waals surface area (Å²) in [6.07, 6.45) is 0.360. The van der Waals surface area contributed by atoms with Gasteiger partial charge >= 0.3 is 5.97 Å². The van der Waals surface area contributed by atoms with Gasteiger partial charge in [0.05, 0.1) is 28.7 Å². The number of rotatable bonds is 6. The van der Waals surface area contributed by atoms with Gasteiger partial charge in [0.15, 0.2) is 16.4 Å². The molecule has 2 aromatic rings. The zero-order valence-electron chi connectivity index (χ0n) is 15.7. The van der Waals surface area contributed by atoms with E-state index in [2.05, 4.69) is 0 Å². The summed E-state index contributed by atoms with van der Waals surface area (Å²) in [5.74, 6) is -1.23. The van der Waals surface area contributed by atoms with Gasteiger partial charge in [0, 0.05) is 12.6 Å². The van der Waals surface area contributed by atoms with Crippen molar-refractivity contribution in [2.75, 3.05) is 18.1 Å². The minimum absolute atomic E-state index is 0.0387. The lowest BCUT2D eigenvalue weighted by atomic mass is 10.1. The van der Waals surface area contributed by atoms with Crippen LogP contribution >= 0.6 is 0 Å². The number of amides is 1. The molecular formula is C21H20N2O5S. The molecule has 0 aliphatic carbocycles. The summed E-state index contributed by atoms with van der Waals surface area (Å²) in [7, 11) is -3.18. The molecule has 150 valence electrons. The van der Waals surface area contributed by atoms with Crippen LogP contribution in [0.5, 0.6) is 0 Å². The van der Waals surface area contributed by atoms with Crippen LogP contribution < -0.4 is 0 Å². The summed E-state index contributed by atoms with van der Waals surface area (Å²) < 4.78 is 28.9. The second kappa shape index (κ2) is 8.88. The second-order valence-corrected chi connectivity index (χ2v) is 9.06. The Hall–Kier alpha value is -3.18. The molecule has 0 bridgehead atoms. The Labute approximate surface area is 169 Å². The van der Waals surface area contributed by atoms with Gasteiger partial charge in [0.1, 0.15) is 0 Å². The SMILES string of the molecule is N#Cc1cccc(C(=O)OCC(=O)N(Cc2ccccc2)[C@@H]2CCS(=O)(=O)C2)c1. The molecule has 7 nitrogen and oxygen atoms in total. The maximum absolute atomic E-state index is 12.8. The zero-order valence-corrected chi connectivity index (χ0v) is 16.5. The fourth-order valence-electron chi connectivity index (χ4n) is 3.23. The van der Waals surface area contributed by atoms with Crippen molar-refractivity contribution in [3.63, 3.8) is 0 Å². The summed E-state index contributed by atoms with van der Waals surface area (Å²) in [4.78, 5) is 26.5. The predicted octanol–water partition coefficient (Wildman–Crippen LogP) is 1.93. The minimum atomic E-state index is -3.18. The van der Waals surface area contributed by atoms with E-state index in [1.54, 1.807) is 12.1 Å². The topological polar surface area (TPSA) is 105 Å². The summed E-state index contributed by atoms with van der Waals surface area (Å²) >= 11 is 0. The lowest BCUT2D eigenvalue weighted by Crippen LogP contribution is -2.42. The number of nitrogens with zero attached hydrogens (tertiary/aromatic N) is 2. The normalized spacial score (nSPS) is 17.3. The van der Waals surface area contributed by atoms with Gasteiger partial charge in [0.2, 0.25) is 0 Å². The van der Waals surface area contributed by atoms with Gasteiger partial charge in [0.25, 0.3) is 5.91 Å². The smallest absolute Gasteiger partial charge is 0.338 e. The van der Waals surface area contributed by atoms with E-state index in [0.29, 0.717) is 12.0 Å². The van der Waals surface area contributed by atoms with Crippen LogP contribution in [0.2, 0.25) is 0 Å². The first-order chi connectivity index (χ1) is 13.9. The molecule has 0 unspecified atom stereocenters. The summed E-state index contributed by atoms with van der Waals surface area (Å²) in [5.41, 5.74) is 1.35. The summed E-state index contributed by atoms with van der Waals surface area (Å²) in [6, 6.07) is 16.7. The third-order valence-electron chi connectivity index (χ3n) is 4.72. The third kappa shape index (κ3) is 5.42. The summed E-state index contributed by atoms with van der Waals surface area (Å²) in [5, 5.41) is 8.93. The Bertz CT molecular complexity index is 1040. The van der Waals surface area contributed by atoms with Gasteiger partial charge in [-0.25, -0.2) is 13.2 Å². The average molecular weight is 412 g/mol. The Morgan fingerprint density at radius 2 is 1.90 bits per heavy atom. The molecule has 3 rings (SSSR count). The Kier molecular flexibility index (Phi) is 6.29. The van der Waals surface area contributed by atoms with Gasteiger partial charge < -0.3 is 9.64 Å². The molecule has 1 fully saturated rings. The van der Waals surface area contributed by atoms with Crippen LogP contribution in [-0.2, 0) is 25.9 Å². The zero-order chi connectivity index (χ0) is 20.9. The number of sulfone groups is 1. The van der Waals surface area contributed by atoms with Crippen LogP contribution in [0.1, 0.15) is 27.9 Å². The van der Waals surface area contributed by atoms with E-state index in [1.807, 2.05) is 36.4 Å². The van der Waals surface area contributed by atoms with E-state index in [1.165, 1.54) is 17.0 Å². The molecule has 1 amide bonds. The van der Waals surface area contributed by atoms with E-state index < -0.39 is 34.4 Å². The lowest BCUT2D eigenvalue weighted by Gasteiger charge is -2.28. The highest BCUT2D eigenvalue weighted by Crippen LogP contribution is 2.20. The fraction of sp³-hybridized carbons (Fsp3) is 0.286. The van der Waals surface area contributed by atoms with Crippen molar-refractivity contribution in [2.24, 2.45) is 0 Å². The molecule has 1 saturated heterocycles. The average Bonchev–Trinajstić information content (AvgIpc) is 3.10. The van der Waals surface area contributed by atoms with Gasteiger partial charge in [-0.15, -0.1) is 0 Å². The number of benzene rings is 2. The molecule has 1 atom stereocenters. The Morgan fingerprint density at radius 1 is 1.14 bits per heavy atom. The van der Waals surface area contributed by atoms with Gasteiger partial charge in [-0.05, 0) is 30.2 Å². The van der Waals surface area contributed by atoms with E-state index in [-0.39, 0.29) is 23.6 Å². The van der Waals surface area contributed by atoms with Crippen molar-refractivity contribution in [1.82, 2.24) is 4.90 Å². The van der Waals surface area contributed by atoms with Crippen molar-refractivity contribution in [3.8, 4) is 6.07 Å². The van der Waals surface area contributed by atoms with Crippen LogP contribution in [0.3, 0.4) is 0 Å². The lowest BCUT2D eigenvalue weighted by molar-refractivity contribution is -0.137. The maximum Gasteiger partial charge on any atom is 0.338 e. The standard InChI is InChI=1S/C21H20N2O5S/c22-12-17-7-4-8-18(11-17)21(25)28-14-20(24)23(13-16-5-2-1-3-6-16)19-9-10-29(26,27)15-19/h1-8,11,19H,9-10,13-15H2/t19-/m1/s1. The van der Waals surface area contributed by atoms with Crippen LogP contribution in [0, 0.1) is 11.3 Å². The molecule has 0 aromatic heterocycles. The van der Waals surface area contributed by atoms with Crippen molar-refractivity contribution >= 4 is 21.7 Å². The minimum Gasteiger partial charge on any atom is -0.452 e. The molecule has 0 radical (unpaired) electrons. The van der Waals surface area contributed by atoms with Gasteiger partial charge in [-0.2, -0.15) is 5.26 Å². The van der Waals surface area contributed by atoms with E-state index in [0.717, 1.165) is 5.56 Å². The molecule has 2 aromatic carbocycles. The number of hydrogen-bond acceptors (Lipinski definition) is 6.